The minimum atomic E-state index is -4.63. The fourth-order valence-electron chi connectivity index (χ4n) is 1.98. The molecule has 0 spiro atoms. The van der Waals surface area contributed by atoms with Crippen molar-refractivity contribution in [3.63, 3.8) is 0 Å². The molecule has 0 fully saturated rings. The number of halogens is 2. The number of carboxylic acid groups (broad SMARTS) is 1. The van der Waals surface area contributed by atoms with Crippen molar-refractivity contribution in [1.82, 2.24) is 0 Å². The second-order valence-corrected chi connectivity index (χ2v) is 7.09. The summed E-state index contributed by atoms with van der Waals surface area (Å²) in [7, 11) is -4.63. The molecule has 0 unspecified atom stereocenters. The van der Waals surface area contributed by atoms with Crippen molar-refractivity contribution in [3.05, 3.63) is 35.4 Å². The Labute approximate surface area is 134 Å². The maximum absolute atomic E-state index is 14.5. The van der Waals surface area contributed by atoms with E-state index >= 15 is 0 Å². The van der Waals surface area contributed by atoms with Crippen LogP contribution in [0.15, 0.2) is 24.3 Å². The zero-order chi connectivity index (χ0) is 17.7. The van der Waals surface area contributed by atoms with E-state index in [9.17, 15) is 18.1 Å². The molecule has 0 radical (unpaired) electrons. The van der Waals surface area contributed by atoms with E-state index in [0.717, 1.165) is 12.1 Å². The van der Waals surface area contributed by atoms with E-state index < -0.39 is 30.7 Å². The minimum absolute atomic E-state index is 0.166. The number of alkyl halides is 2. The Morgan fingerprint density at radius 2 is 1.70 bits per heavy atom. The van der Waals surface area contributed by atoms with Gasteiger partial charge in [0.25, 0.3) is 0 Å². The lowest BCUT2D eigenvalue weighted by Gasteiger charge is -2.26. The molecular weight excluding hydrogens is 329 g/mol. The number of benzene rings is 1. The molecule has 23 heavy (non-hydrogen) atoms. The van der Waals surface area contributed by atoms with Crippen LogP contribution in [-0.2, 0) is 30.5 Å². The van der Waals surface area contributed by atoms with Gasteiger partial charge in [0.05, 0.1) is 19.1 Å². The predicted octanol–water partition coefficient (Wildman–Crippen LogP) is 4.27. The Morgan fingerprint density at radius 3 is 2.09 bits per heavy atom. The maximum atomic E-state index is 14.5. The third-order valence-electron chi connectivity index (χ3n) is 3.21. The first-order valence-electron chi connectivity index (χ1n) is 7.27. The fraction of sp³-hybridized carbons (Fsp3) is 0.533. The molecule has 1 rings (SSSR count). The van der Waals surface area contributed by atoms with Gasteiger partial charge in [-0.1, -0.05) is 31.2 Å². The summed E-state index contributed by atoms with van der Waals surface area (Å²) < 4.78 is 50.7. The van der Waals surface area contributed by atoms with E-state index in [1.807, 2.05) is 0 Å². The van der Waals surface area contributed by atoms with Gasteiger partial charge in [0, 0.05) is 5.56 Å². The number of carboxylic acids is 1. The molecule has 1 N–H and O–H groups in total. The number of hydrogen-bond acceptors (Lipinski definition) is 4. The molecule has 0 aliphatic heterocycles. The van der Waals surface area contributed by atoms with Crippen molar-refractivity contribution in [1.29, 1.82) is 0 Å². The van der Waals surface area contributed by atoms with Gasteiger partial charge in [-0.2, -0.15) is 8.78 Å². The average Bonchev–Trinajstić information content (AvgIpc) is 2.48. The lowest BCUT2D eigenvalue weighted by atomic mass is 10.0. The smallest absolute Gasteiger partial charge is 0.404 e. The van der Waals surface area contributed by atoms with Crippen LogP contribution in [-0.4, -0.2) is 24.3 Å². The van der Waals surface area contributed by atoms with Gasteiger partial charge in [0.2, 0.25) is 0 Å². The van der Waals surface area contributed by atoms with Gasteiger partial charge in [-0.3, -0.25) is 9.36 Å². The lowest BCUT2D eigenvalue weighted by molar-refractivity contribution is -0.141. The van der Waals surface area contributed by atoms with E-state index in [0.29, 0.717) is 5.56 Å². The molecule has 0 saturated carbocycles. The van der Waals surface area contributed by atoms with Gasteiger partial charge in [-0.05, 0) is 25.8 Å². The zero-order valence-corrected chi connectivity index (χ0v) is 14.2. The SMILES string of the molecule is CCOP(=O)(OCC)C(F)(F)c1ccc(C[C@H](C)C(=O)O)cc1. The van der Waals surface area contributed by atoms with Gasteiger partial charge in [0.1, 0.15) is 0 Å². The number of aliphatic carboxylic acids is 1. The quantitative estimate of drug-likeness (QED) is 0.674. The highest BCUT2D eigenvalue weighted by Gasteiger charge is 2.54. The van der Waals surface area contributed by atoms with Gasteiger partial charge >= 0.3 is 19.2 Å². The van der Waals surface area contributed by atoms with Crippen LogP contribution in [0.1, 0.15) is 31.9 Å². The summed E-state index contributed by atoms with van der Waals surface area (Å²) in [4.78, 5) is 10.8. The normalized spacial score (nSPS) is 13.8. The molecule has 8 heteroatoms. The molecule has 0 aromatic heterocycles. The average molecular weight is 350 g/mol. The monoisotopic (exact) mass is 350 g/mol. The maximum Gasteiger partial charge on any atom is 0.404 e. The number of rotatable bonds is 9. The number of hydrogen-bond donors (Lipinski definition) is 1. The van der Waals surface area contributed by atoms with Crippen molar-refractivity contribution in [2.45, 2.75) is 32.9 Å². The number of carbonyl (C=O) groups is 1. The molecule has 0 aliphatic rings. The Balaban J connectivity index is 3.04. The molecule has 1 aromatic carbocycles. The van der Waals surface area contributed by atoms with Crippen molar-refractivity contribution >= 4 is 13.6 Å². The minimum Gasteiger partial charge on any atom is -0.481 e. The summed E-state index contributed by atoms with van der Waals surface area (Å²) in [6, 6.07) is 5.03. The molecule has 1 aromatic rings. The topological polar surface area (TPSA) is 72.8 Å². The lowest BCUT2D eigenvalue weighted by Crippen LogP contribution is -2.18. The second-order valence-electron chi connectivity index (χ2n) is 5.01. The van der Waals surface area contributed by atoms with Crippen molar-refractivity contribution in [2.75, 3.05) is 13.2 Å². The van der Waals surface area contributed by atoms with Crippen LogP contribution in [0.25, 0.3) is 0 Å². The van der Waals surface area contributed by atoms with Crippen molar-refractivity contribution in [3.8, 4) is 0 Å². The molecule has 1 atom stereocenters. The van der Waals surface area contributed by atoms with E-state index in [2.05, 4.69) is 0 Å². The summed E-state index contributed by atoms with van der Waals surface area (Å²) in [5.74, 6) is -1.59. The van der Waals surface area contributed by atoms with Crippen LogP contribution < -0.4 is 0 Å². The molecule has 0 aliphatic carbocycles. The summed E-state index contributed by atoms with van der Waals surface area (Å²) >= 11 is 0. The van der Waals surface area contributed by atoms with Gasteiger partial charge in [-0.25, -0.2) is 0 Å². The zero-order valence-electron chi connectivity index (χ0n) is 13.3. The van der Waals surface area contributed by atoms with E-state index in [1.54, 1.807) is 0 Å². The summed E-state index contributed by atoms with van der Waals surface area (Å²) in [6.45, 7) is 4.11. The molecule has 0 bridgehead atoms. The van der Waals surface area contributed by atoms with E-state index in [1.165, 1.54) is 32.9 Å². The molecule has 0 amide bonds. The van der Waals surface area contributed by atoms with Crippen molar-refractivity contribution < 1.29 is 32.3 Å². The Bertz CT molecular complexity index is 564. The van der Waals surface area contributed by atoms with Gasteiger partial charge in [-0.15, -0.1) is 0 Å². The molecular formula is C15H21F2O5P. The van der Waals surface area contributed by atoms with Crippen LogP contribution in [0.3, 0.4) is 0 Å². The highest BCUT2D eigenvalue weighted by Crippen LogP contribution is 2.66. The Morgan fingerprint density at radius 1 is 1.22 bits per heavy atom. The van der Waals surface area contributed by atoms with Crippen LogP contribution in [0.4, 0.5) is 8.78 Å². The Hall–Kier alpha value is -1.30. The van der Waals surface area contributed by atoms with Crippen LogP contribution in [0.5, 0.6) is 0 Å². The third kappa shape index (κ3) is 4.59. The summed E-state index contributed by atoms with van der Waals surface area (Å²) in [5, 5.41) is 8.86. The summed E-state index contributed by atoms with van der Waals surface area (Å²) in [6.07, 6.45) is 0.218. The largest absolute Gasteiger partial charge is 0.481 e. The molecule has 130 valence electrons. The highest BCUT2D eigenvalue weighted by molar-refractivity contribution is 7.54. The first-order chi connectivity index (χ1) is 10.7. The van der Waals surface area contributed by atoms with Crippen LogP contribution in [0, 0.1) is 5.92 Å². The second kappa shape index (κ2) is 7.99. The first-order valence-corrected chi connectivity index (χ1v) is 8.81. The van der Waals surface area contributed by atoms with E-state index in [-0.39, 0.29) is 19.6 Å². The summed E-state index contributed by atoms with van der Waals surface area (Å²) in [5.41, 5.74) is -3.67. The first kappa shape index (κ1) is 19.7. The highest BCUT2D eigenvalue weighted by atomic mass is 31.2. The molecule has 0 saturated heterocycles. The third-order valence-corrected chi connectivity index (χ3v) is 5.35. The van der Waals surface area contributed by atoms with Gasteiger partial charge in [0.15, 0.2) is 0 Å². The molecule has 5 nitrogen and oxygen atoms in total. The van der Waals surface area contributed by atoms with E-state index in [4.69, 9.17) is 14.2 Å². The Kier molecular flexibility index (Phi) is 6.86. The van der Waals surface area contributed by atoms with Crippen LogP contribution in [0.2, 0.25) is 0 Å². The van der Waals surface area contributed by atoms with Gasteiger partial charge < -0.3 is 14.2 Å². The van der Waals surface area contributed by atoms with Crippen molar-refractivity contribution in [2.24, 2.45) is 5.92 Å². The standard InChI is InChI=1S/C15H21F2O5P/c1-4-21-23(20,22-5-2)15(16,17)13-8-6-12(7-9-13)10-11(3)14(18)19/h6-9,11H,4-5,10H2,1-3H3,(H,18,19)/t11-/m0/s1. The van der Waals surface area contributed by atoms with Crippen LogP contribution >= 0.6 is 7.60 Å². The molecule has 0 heterocycles. The predicted molar refractivity (Wildman–Crippen MR) is 81.7 cm³/mol. The fourth-order valence-corrected chi connectivity index (χ4v) is 3.52.